The summed E-state index contributed by atoms with van der Waals surface area (Å²) in [6.45, 7) is 4.48. The van der Waals surface area contributed by atoms with Gasteiger partial charge in [0, 0.05) is 19.3 Å². The summed E-state index contributed by atoms with van der Waals surface area (Å²) in [4.78, 5) is 36.6. The summed E-state index contributed by atoms with van der Waals surface area (Å²) in [5, 5.41) is 11.6. The minimum Gasteiger partial charge on any atom is -0.544 e. The van der Waals surface area contributed by atoms with Crippen molar-refractivity contribution in [1.29, 1.82) is 0 Å². The molecule has 0 aliphatic rings. The highest BCUT2D eigenvalue weighted by molar-refractivity contribution is 5.70. The summed E-state index contributed by atoms with van der Waals surface area (Å²) in [6.07, 6.45) is 37.6. The molecule has 0 amide bonds. The standard InChI is InChI=1S/C43H77NO7/c1-6-8-10-12-14-16-17-18-19-20-21-22-23-24-26-28-30-32-34-42(46)51-39(37-49-36-35-40(43(47)48)44(3,4)5)38-50-41(45)33-31-29-27-25-15-13-11-9-7-2/h9,11,15,21-22,25,39-40H,6-8,10,12-14,16-20,23-24,26-38H2,1-5H3/b11-9+,22-21+,25-15+. The minimum absolute atomic E-state index is 0.0276. The fourth-order valence-electron chi connectivity index (χ4n) is 5.81. The number of likely N-dealkylation sites (N-methyl/N-ethyl adjacent to an activating group) is 1. The highest BCUT2D eigenvalue weighted by Gasteiger charge is 2.25. The molecule has 0 fully saturated rings. The lowest BCUT2D eigenvalue weighted by molar-refractivity contribution is -0.889. The van der Waals surface area contributed by atoms with Gasteiger partial charge in [0.1, 0.15) is 12.6 Å². The van der Waals surface area contributed by atoms with E-state index in [0.717, 1.165) is 64.2 Å². The van der Waals surface area contributed by atoms with Crippen molar-refractivity contribution >= 4 is 17.9 Å². The fraction of sp³-hybridized carbons (Fsp3) is 0.791. The predicted octanol–water partition coefficient (Wildman–Crippen LogP) is 9.35. The third-order valence-electron chi connectivity index (χ3n) is 9.01. The lowest BCUT2D eigenvalue weighted by Crippen LogP contribution is -2.55. The van der Waals surface area contributed by atoms with Gasteiger partial charge in [0.15, 0.2) is 6.10 Å². The second-order valence-electron chi connectivity index (χ2n) is 14.8. The molecular weight excluding hydrogens is 642 g/mol. The Labute approximate surface area is 313 Å². The van der Waals surface area contributed by atoms with Crippen LogP contribution in [0.3, 0.4) is 0 Å². The second kappa shape index (κ2) is 34.6. The van der Waals surface area contributed by atoms with Gasteiger partial charge in [-0.1, -0.05) is 121 Å². The van der Waals surface area contributed by atoms with Crippen LogP contribution in [0.25, 0.3) is 0 Å². The monoisotopic (exact) mass is 720 g/mol. The summed E-state index contributed by atoms with van der Waals surface area (Å²) < 4.78 is 17.0. The molecule has 296 valence electrons. The van der Waals surface area contributed by atoms with Crippen molar-refractivity contribution in [3.63, 3.8) is 0 Å². The van der Waals surface area contributed by atoms with Crippen molar-refractivity contribution in [2.75, 3.05) is 41.0 Å². The highest BCUT2D eigenvalue weighted by atomic mass is 16.6. The van der Waals surface area contributed by atoms with Gasteiger partial charge in [-0.25, -0.2) is 0 Å². The zero-order chi connectivity index (χ0) is 37.8. The van der Waals surface area contributed by atoms with Crippen LogP contribution in [0.1, 0.15) is 168 Å². The Kier molecular flexibility index (Phi) is 33.0. The van der Waals surface area contributed by atoms with E-state index in [-0.39, 0.29) is 42.7 Å². The number of aliphatic carboxylic acids is 1. The number of carboxylic acid groups (broad SMARTS) is 1. The molecule has 0 spiro atoms. The molecule has 51 heavy (non-hydrogen) atoms. The van der Waals surface area contributed by atoms with Gasteiger partial charge in [-0.15, -0.1) is 0 Å². The second-order valence-corrected chi connectivity index (χ2v) is 14.8. The van der Waals surface area contributed by atoms with Gasteiger partial charge in [0.05, 0.1) is 40.3 Å². The molecule has 0 rings (SSSR count). The molecule has 0 radical (unpaired) electrons. The van der Waals surface area contributed by atoms with Crippen LogP contribution in [-0.4, -0.2) is 75.5 Å². The summed E-state index contributed by atoms with van der Waals surface area (Å²) in [5.74, 6) is -1.79. The molecular formula is C43H77NO7. The summed E-state index contributed by atoms with van der Waals surface area (Å²) >= 11 is 0. The van der Waals surface area contributed by atoms with Gasteiger partial charge < -0.3 is 28.6 Å². The third-order valence-corrected chi connectivity index (χ3v) is 9.01. The maximum absolute atomic E-state index is 12.7. The van der Waals surface area contributed by atoms with E-state index in [1.807, 2.05) is 0 Å². The number of carbonyl (C=O) groups excluding carboxylic acids is 3. The molecule has 2 unspecified atom stereocenters. The van der Waals surface area contributed by atoms with Crippen molar-refractivity contribution in [1.82, 2.24) is 0 Å². The van der Waals surface area contributed by atoms with Crippen molar-refractivity contribution in [3.05, 3.63) is 36.5 Å². The third kappa shape index (κ3) is 33.2. The van der Waals surface area contributed by atoms with Crippen LogP contribution in [0, 0.1) is 0 Å². The van der Waals surface area contributed by atoms with E-state index >= 15 is 0 Å². The molecule has 0 heterocycles. The summed E-state index contributed by atoms with van der Waals surface area (Å²) in [7, 11) is 5.38. The van der Waals surface area contributed by atoms with Gasteiger partial charge in [-0.2, -0.15) is 0 Å². The van der Waals surface area contributed by atoms with Crippen molar-refractivity contribution in [2.45, 2.75) is 180 Å². The van der Waals surface area contributed by atoms with E-state index in [4.69, 9.17) is 14.2 Å². The van der Waals surface area contributed by atoms with Crippen LogP contribution in [-0.2, 0) is 28.6 Å². The van der Waals surface area contributed by atoms with Gasteiger partial charge >= 0.3 is 11.9 Å². The first kappa shape index (κ1) is 48.5. The SMILES string of the molecule is CC/C=C/C/C=C/CCCCC(=O)OCC(COCCC(C(=O)[O-])[N+](C)(C)C)OC(=O)CCCCCCC/C=C/CCCCCCCCCCC. The number of carbonyl (C=O) groups is 3. The van der Waals surface area contributed by atoms with E-state index in [2.05, 4.69) is 50.3 Å². The molecule has 0 saturated heterocycles. The largest absolute Gasteiger partial charge is 0.544 e. The van der Waals surface area contributed by atoms with E-state index in [9.17, 15) is 19.5 Å². The number of rotatable bonds is 36. The number of esters is 2. The van der Waals surface area contributed by atoms with Crippen LogP contribution < -0.4 is 5.11 Å². The van der Waals surface area contributed by atoms with Crippen molar-refractivity contribution in [2.24, 2.45) is 0 Å². The molecule has 2 atom stereocenters. The van der Waals surface area contributed by atoms with Gasteiger partial charge in [-0.05, 0) is 64.2 Å². The van der Waals surface area contributed by atoms with Crippen LogP contribution >= 0.6 is 0 Å². The van der Waals surface area contributed by atoms with Crippen LogP contribution in [0.15, 0.2) is 36.5 Å². The molecule has 0 aliphatic carbocycles. The Morgan fingerprint density at radius 3 is 1.67 bits per heavy atom. The normalized spacial score (nSPS) is 13.4. The smallest absolute Gasteiger partial charge is 0.306 e. The molecule has 0 bridgehead atoms. The number of allylic oxidation sites excluding steroid dienone is 6. The average Bonchev–Trinajstić information content (AvgIpc) is 3.08. The Morgan fingerprint density at radius 2 is 1.10 bits per heavy atom. The lowest BCUT2D eigenvalue weighted by atomic mass is 10.1. The van der Waals surface area contributed by atoms with E-state index in [0.29, 0.717) is 12.8 Å². The zero-order valence-electron chi connectivity index (χ0n) is 33.5. The van der Waals surface area contributed by atoms with Crippen LogP contribution in [0.4, 0.5) is 0 Å². The zero-order valence-corrected chi connectivity index (χ0v) is 33.5. The predicted molar refractivity (Wildman–Crippen MR) is 208 cm³/mol. The fourth-order valence-corrected chi connectivity index (χ4v) is 5.81. The Hall–Kier alpha value is -2.45. The molecule has 0 aromatic heterocycles. The first-order valence-corrected chi connectivity index (χ1v) is 20.5. The van der Waals surface area contributed by atoms with Crippen LogP contribution in [0.5, 0.6) is 0 Å². The minimum atomic E-state index is -1.13. The highest BCUT2D eigenvalue weighted by Crippen LogP contribution is 2.13. The Morgan fingerprint density at radius 1 is 0.608 bits per heavy atom. The molecule has 0 saturated carbocycles. The summed E-state index contributed by atoms with van der Waals surface area (Å²) in [5.41, 5.74) is 0. The van der Waals surface area contributed by atoms with Crippen molar-refractivity contribution < 1.29 is 38.2 Å². The quantitative estimate of drug-likeness (QED) is 0.0275. The molecule has 8 nitrogen and oxygen atoms in total. The molecule has 0 aliphatic heterocycles. The van der Waals surface area contributed by atoms with Gasteiger partial charge in [-0.3, -0.25) is 9.59 Å². The molecule has 8 heteroatoms. The Bertz CT molecular complexity index is 937. The number of ether oxygens (including phenoxy) is 3. The topological polar surface area (TPSA) is 102 Å². The van der Waals surface area contributed by atoms with Crippen molar-refractivity contribution in [3.8, 4) is 0 Å². The number of hydrogen-bond donors (Lipinski definition) is 0. The van der Waals surface area contributed by atoms with Crippen LogP contribution in [0.2, 0.25) is 0 Å². The maximum atomic E-state index is 12.7. The van der Waals surface area contributed by atoms with E-state index in [1.54, 1.807) is 21.1 Å². The van der Waals surface area contributed by atoms with E-state index in [1.165, 1.54) is 70.6 Å². The number of carboxylic acids is 1. The number of unbranched alkanes of at least 4 members (excludes halogenated alkanes) is 16. The first-order chi connectivity index (χ1) is 24.6. The number of quaternary nitrogens is 1. The lowest BCUT2D eigenvalue weighted by Gasteiger charge is -2.34. The number of nitrogens with zero attached hydrogens (tertiary/aromatic N) is 1. The molecule has 0 N–H and O–H groups in total. The van der Waals surface area contributed by atoms with Gasteiger partial charge in [0.25, 0.3) is 0 Å². The van der Waals surface area contributed by atoms with Gasteiger partial charge in [0.2, 0.25) is 0 Å². The molecule has 0 aromatic carbocycles. The Balaban J connectivity index is 4.35. The first-order valence-electron chi connectivity index (χ1n) is 20.5. The molecule has 0 aromatic rings. The number of hydrogen-bond acceptors (Lipinski definition) is 7. The maximum Gasteiger partial charge on any atom is 0.306 e. The summed E-state index contributed by atoms with van der Waals surface area (Å²) in [6, 6.07) is -0.730. The average molecular weight is 720 g/mol. The van der Waals surface area contributed by atoms with E-state index < -0.39 is 18.1 Å².